The van der Waals surface area contributed by atoms with Crippen molar-refractivity contribution < 1.29 is 49.3 Å². The van der Waals surface area contributed by atoms with Crippen molar-refractivity contribution in [3.8, 4) is 0 Å². The molecule has 11 nitrogen and oxygen atoms in total. The number of hydrogen-bond donors (Lipinski definition) is 6. The van der Waals surface area contributed by atoms with Crippen molar-refractivity contribution in [2.45, 2.75) is 436 Å². The third-order valence-corrected chi connectivity index (χ3v) is 18.5. The lowest BCUT2D eigenvalue weighted by atomic mass is 9.99. The fourth-order valence-corrected chi connectivity index (χ4v) is 12.5. The smallest absolute Gasteiger partial charge is 0.306 e. The van der Waals surface area contributed by atoms with E-state index in [1.54, 1.807) is 6.08 Å². The largest absolute Gasteiger partial charge is 0.454 e. The highest BCUT2D eigenvalue weighted by molar-refractivity contribution is 5.80. The Balaban J connectivity index is 2.48. The van der Waals surface area contributed by atoms with E-state index in [4.69, 9.17) is 14.2 Å². The zero-order valence-electron chi connectivity index (χ0n) is 58.6. The fourth-order valence-electron chi connectivity index (χ4n) is 12.5. The van der Waals surface area contributed by atoms with Crippen LogP contribution in [0.2, 0.25) is 0 Å². The standard InChI is InChI=1S/C78H147NO10/c1-4-7-10-13-16-19-22-24-26-28-30-32-34-35-36-38-39-41-43-45-47-50-53-56-59-62-65-71(82)77(86)79-69(70(81)64-61-58-55-52-49-21-18-15-12-9-6-3)68-87-78-76(75(85)74(84)72(67-80)88-78)89-73(83)66-63-60-57-54-51-48-46-44-42-40-37-33-31-29-27-25-23-20-17-14-11-8-5-2/h16,19,24,26,61,64,69-72,74-76,78,80-82,84-85H,4-15,17-18,20-23,25,27-60,62-63,65-68H2,1-3H3,(H,79,86)/b19-16-,26-24-,64-61+. The first-order valence-corrected chi connectivity index (χ1v) is 38.8. The zero-order chi connectivity index (χ0) is 64.6. The molecule has 0 aromatic carbocycles. The average Bonchev–Trinajstić information content (AvgIpc) is 2.45. The molecular weight excluding hydrogens is 1110 g/mol. The summed E-state index contributed by atoms with van der Waals surface area (Å²) in [6.45, 7) is 5.83. The minimum Gasteiger partial charge on any atom is -0.454 e. The second-order valence-corrected chi connectivity index (χ2v) is 27.1. The SMILES string of the molecule is CCCCC/C=C\C/C=C\CCCCCCCCCCCCCCCCCCC(O)C(=O)NC(COC1OC(CO)C(O)C(O)C1OC(=O)CCCCCCCCCCCCCCCCCCCCCCCCC)C(O)/C=C/CCCCCCCCCCC. The Hall–Kier alpha value is -2.12. The van der Waals surface area contributed by atoms with E-state index in [-0.39, 0.29) is 13.0 Å². The van der Waals surface area contributed by atoms with Gasteiger partial charge in [0.05, 0.1) is 25.4 Å². The summed E-state index contributed by atoms with van der Waals surface area (Å²) in [5, 5.41) is 57.3. The van der Waals surface area contributed by atoms with Crippen LogP contribution >= 0.6 is 0 Å². The van der Waals surface area contributed by atoms with Crippen molar-refractivity contribution in [2.24, 2.45) is 0 Å². The molecule has 524 valence electrons. The van der Waals surface area contributed by atoms with Crippen molar-refractivity contribution in [3.05, 3.63) is 36.5 Å². The molecule has 0 saturated carbocycles. The van der Waals surface area contributed by atoms with E-state index in [0.29, 0.717) is 19.3 Å². The summed E-state index contributed by atoms with van der Waals surface area (Å²) in [6.07, 6.45) is 72.1. The fraction of sp³-hybridized carbons (Fsp3) is 0.897. The Morgan fingerprint density at radius 1 is 0.438 bits per heavy atom. The number of allylic oxidation sites excluding steroid dienone is 5. The Bertz CT molecular complexity index is 1590. The van der Waals surface area contributed by atoms with Crippen molar-refractivity contribution >= 4 is 11.9 Å². The van der Waals surface area contributed by atoms with Gasteiger partial charge in [0.25, 0.3) is 0 Å². The maximum absolute atomic E-state index is 13.5. The quantitative estimate of drug-likeness (QED) is 0.0195. The van der Waals surface area contributed by atoms with Crippen LogP contribution < -0.4 is 5.32 Å². The molecule has 1 aliphatic heterocycles. The van der Waals surface area contributed by atoms with E-state index in [0.717, 1.165) is 64.2 Å². The summed E-state index contributed by atoms with van der Waals surface area (Å²) >= 11 is 0. The van der Waals surface area contributed by atoms with Crippen LogP contribution in [0.5, 0.6) is 0 Å². The number of amides is 1. The molecule has 0 aromatic rings. The highest BCUT2D eigenvalue weighted by atomic mass is 16.7. The molecule has 1 fully saturated rings. The minimum atomic E-state index is -1.61. The Morgan fingerprint density at radius 2 is 0.775 bits per heavy atom. The highest BCUT2D eigenvalue weighted by Gasteiger charge is 2.47. The average molecular weight is 1260 g/mol. The number of hydrogen-bond acceptors (Lipinski definition) is 10. The van der Waals surface area contributed by atoms with Crippen LogP contribution in [0.25, 0.3) is 0 Å². The van der Waals surface area contributed by atoms with Gasteiger partial charge in [0.1, 0.15) is 24.4 Å². The lowest BCUT2D eigenvalue weighted by Crippen LogP contribution is -2.61. The van der Waals surface area contributed by atoms with E-state index in [1.165, 1.54) is 276 Å². The van der Waals surface area contributed by atoms with E-state index in [1.807, 2.05) is 6.08 Å². The lowest BCUT2D eigenvalue weighted by Gasteiger charge is -2.41. The van der Waals surface area contributed by atoms with Gasteiger partial charge in [-0.15, -0.1) is 0 Å². The monoisotopic (exact) mass is 1260 g/mol. The second-order valence-electron chi connectivity index (χ2n) is 27.1. The molecule has 1 saturated heterocycles. The van der Waals surface area contributed by atoms with E-state index >= 15 is 0 Å². The summed E-state index contributed by atoms with van der Waals surface area (Å²) in [4.78, 5) is 26.7. The number of carbonyl (C=O) groups is 2. The Labute approximate surface area is 549 Å². The van der Waals surface area contributed by atoms with Crippen LogP contribution in [0.1, 0.15) is 387 Å². The number of nitrogens with one attached hydrogen (secondary N) is 1. The van der Waals surface area contributed by atoms with Crippen LogP contribution in [0.3, 0.4) is 0 Å². The zero-order valence-corrected chi connectivity index (χ0v) is 58.6. The van der Waals surface area contributed by atoms with Gasteiger partial charge in [-0.05, 0) is 57.8 Å². The summed E-state index contributed by atoms with van der Waals surface area (Å²) in [5.74, 6) is -1.17. The molecule has 6 N–H and O–H groups in total. The number of rotatable bonds is 68. The van der Waals surface area contributed by atoms with Gasteiger partial charge in [0.15, 0.2) is 12.4 Å². The maximum Gasteiger partial charge on any atom is 0.306 e. The summed E-state index contributed by atoms with van der Waals surface area (Å²) < 4.78 is 17.7. The first-order chi connectivity index (χ1) is 43.7. The van der Waals surface area contributed by atoms with E-state index < -0.39 is 67.4 Å². The summed E-state index contributed by atoms with van der Waals surface area (Å²) in [6, 6.07) is -1.02. The van der Waals surface area contributed by atoms with Crippen LogP contribution in [-0.2, 0) is 23.8 Å². The van der Waals surface area contributed by atoms with E-state index in [9.17, 15) is 35.1 Å². The Kier molecular flexibility index (Phi) is 62.9. The normalized spacial score (nSPS) is 18.2. The van der Waals surface area contributed by atoms with Crippen LogP contribution in [0, 0.1) is 0 Å². The third kappa shape index (κ3) is 52.9. The second kappa shape index (κ2) is 65.9. The predicted molar refractivity (Wildman–Crippen MR) is 375 cm³/mol. The number of carbonyl (C=O) groups excluding carboxylic acids is 2. The number of aliphatic hydroxyl groups is 5. The van der Waals surface area contributed by atoms with E-state index in [2.05, 4.69) is 50.4 Å². The molecule has 1 aliphatic rings. The number of esters is 1. The summed E-state index contributed by atoms with van der Waals surface area (Å²) in [5.41, 5.74) is 0. The molecule has 0 bridgehead atoms. The van der Waals surface area contributed by atoms with Crippen molar-refractivity contribution in [1.29, 1.82) is 0 Å². The van der Waals surface area contributed by atoms with Gasteiger partial charge < -0.3 is 45.1 Å². The van der Waals surface area contributed by atoms with Crippen molar-refractivity contribution in [1.82, 2.24) is 5.32 Å². The molecule has 8 atom stereocenters. The summed E-state index contributed by atoms with van der Waals surface area (Å²) in [7, 11) is 0. The predicted octanol–water partition coefficient (Wildman–Crippen LogP) is 20.5. The van der Waals surface area contributed by atoms with Gasteiger partial charge >= 0.3 is 5.97 Å². The molecule has 0 radical (unpaired) electrons. The van der Waals surface area contributed by atoms with Crippen molar-refractivity contribution in [2.75, 3.05) is 13.2 Å². The molecule has 1 heterocycles. The molecule has 1 amide bonds. The molecule has 0 aromatic heterocycles. The minimum absolute atomic E-state index is 0.130. The Morgan fingerprint density at radius 3 is 1.17 bits per heavy atom. The van der Waals surface area contributed by atoms with Gasteiger partial charge in [0.2, 0.25) is 5.91 Å². The molecular formula is C78H147NO10. The molecule has 0 aliphatic carbocycles. The van der Waals surface area contributed by atoms with Crippen molar-refractivity contribution in [3.63, 3.8) is 0 Å². The van der Waals surface area contributed by atoms with Gasteiger partial charge in [-0.25, -0.2) is 0 Å². The third-order valence-electron chi connectivity index (χ3n) is 18.5. The molecule has 1 rings (SSSR count). The molecule has 0 spiro atoms. The van der Waals surface area contributed by atoms with Gasteiger partial charge in [-0.2, -0.15) is 0 Å². The van der Waals surface area contributed by atoms with Gasteiger partial charge in [0, 0.05) is 6.42 Å². The highest BCUT2D eigenvalue weighted by Crippen LogP contribution is 2.27. The van der Waals surface area contributed by atoms with Crippen LogP contribution in [0.4, 0.5) is 0 Å². The lowest BCUT2D eigenvalue weighted by molar-refractivity contribution is -0.305. The topological polar surface area (TPSA) is 175 Å². The van der Waals surface area contributed by atoms with Crippen LogP contribution in [0.15, 0.2) is 36.5 Å². The first kappa shape index (κ1) is 84.9. The molecule has 89 heavy (non-hydrogen) atoms. The van der Waals surface area contributed by atoms with Gasteiger partial charge in [-0.3, -0.25) is 9.59 Å². The number of aliphatic hydroxyl groups excluding tert-OH is 5. The number of ether oxygens (including phenoxy) is 3. The van der Waals surface area contributed by atoms with Gasteiger partial charge in [-0.1, -0.05) is 359 Å². The van der Waals surface area contributed by atoms with Crippen LogP contribution in [-0.4, -0.2) is 99.6 Å². The first-order valence-electron chi connectivity index (χ1n) is 38.8. The molecule has 11 heteroatoms. The number of unbranched alkanes of at least 4 members (excludes halogenated alkanes) is 50. The maximum atomic E-state index is 13.5. The molecule has 8 unspecified atom stereocenters.